The molecule has 5 nitrogen and oxygen atoms in total. The number of rotatable bonds is 11. The third-order valence-electron chi connectivity index (χ3n) is 2.70. The van der Waals surface area contributed by atoms with Crippen LogP contribution in [0.2, 0.25) is 0 Å². The summed E-state index contributed by atoms with van der Waals surface area (Å²) < 4.78 is 4.97. The number of ether oxygens (including phenoxy) is 1. The Morgan fingerprint density at radius 1 is 1.17 bits per heavy atom. The van der Waals surface area contributed by atoms with Gasteiger partial charge in [-0.1, -0.05) is 39.0 Å². The second-order valence-corrected chi connectivity index (χ2v) is 4.45. The molecule has 0 saturated carbocycles. The zero-order valence-electron chi connectivity index (χ0n) is 11.2. The lowest BCUT2D eigenvalue weighted by Gasteiger charge is -2.11. The number of carbonyl (C=O) groups is 2. The molecule has 1 atom stereocenters. The lowest BCUT2D eigenvalue weighted by atomic mass is 10.1. The number of aliphatic carboxylic acids is 1. The van der Waals surface area contributed by atoms with Crippen LogP contribution in [0.25, 0.3) is 0 Å². The van der Waals surface area contributed by atoms with Gasteiger partial charge in [-0.15, -0.1) is 0 Å². The molecule has 0 aromatic carbocycles. The van der Waals surface area contributed by atoms with Crippen molar-refractivity contribution >= 4 is 11.9 Å². The monoisotopic (exact) mass is 258 g/mol. The smallest absolute Gasteiger partial charge is 0.322 e. The number of nitrogens with two attached hydrogens (primary N) is 1. The predicted molar refractivity (Wildman–Crippen MR) is 66.6 cm³/mol. The van der Waals surface area contributed by atoms with Gasteiger partial charge >= 0.3 is 5.97 Å². The van der Waals surface area contributed by atoms with Crippen LogP contribution in [0.15, 0.2) is 0 Å². The van der Waals surface area contributed by atoms with Crippen LogP contribution in [-0.2, 0) is 14.3 Å². The summed E-state index contributed by atoms with van der Waals surface area (Å²) in [5.74, 6) is -1.72. The van der Waals surface area contributed by atoms with E-state index in [0.29, 0.717) is 6.61 Å². The first-order valence-corrected chi connectivity index (χ1v) is 6.70. The molecule has 0 heterocycles. The molecule has 0 aliphatic rings. The molecule has 0 bridgehead atoms. The van der Waals surface area contributed by atoms with Crippen molar-refractivity contribution in [1.82, 2.24) is 0 Å². The minimum Gasteiger partial charge on any atom is -0.550 e. The quantitative estimate of drug-likeness (QED) is 0.436. The fraction of sp³-hybridized carbons (Fsp3) is 0.846. The highest BCUT2D eigenvalue weighted by Crippen LogP contribution is 2.05. The lowest BCUT2D eigenvalue weighted by molar-refractivity contribution is -0.305. The highest BCUT2D eigenvalue weighted by Gasteiger charge is 2.14. The fourth-order valence-electron chi connectivity index (χ4n) is 1.55. The first kappa shape index (κ1) is 16.9. The molecule has 2 N–H and O–H groups in total. The molecule has 0 aromatic rings. The summed E-state index contributed by atoms with van der Waals surface area (Å²) in [5.41, 5.74) is 5.48. The van der Waals surface area contributed by atoms with Gasteiger partial charge in [-0.05, 0) is 19.3 Å². The van der Waals surface area contributed by atoms with Crippen molar-refractivity contribution in [2.24, 2.45) is 5.73 Å². The van der Waals surface area contributed by atoms with E-state index in [1.54, 1.807) is 0 Å². The molecule has 0 amide bonds. The van der Waals surface area contributed by atoms with Crippen LogP contribution in [-0.4, -0.2) is 24.6 Å². The van der Waals surface area contributed by atoms with E-state index in [-0.39, 0.29) is 12.8 Å². The maximum Gasteiger partial charge on any atom is 0.322 e. The number of carboxylic acid groups (broad SMARTS) is 1. The standard InChI is InChI=1S/C13H25NO4/c1-2-3-4-5-6-7-10-18-13(17)11(14)8-9-12(15)16/h11H,2-10,14H2,1H3,(H,15,16)/p-1/t11-/m0/s1. The van der Waals surface area contributed by atoms with Gasteiger partial charge in [0.1, 0.15) is 6.04 Å². The van der Waals surface area contributed by atoms with Crippen molar-refractivity contribution in [2.45, 2.75) is 64.3 Å². The zero-order chi connectivity index (χ0) is 13.8. The van der Waals surface area contributed by atoms with Crippen LogP contribution < -0.4 is 10.8 Å². The van der Waals surface area contributed by atoms with E-state index >= 15 is 0 Å². The fourth-order valence-corrected chi connectivity index (χ4v) is 1.55. The highest BCUT2D eigenvalue weighted by molar-refractivity contribution is 5.76. The summed E-state index contributed by atoms with van der Waals surface area (Å²) in [6.07, 6.45) is 6.56. The summed E-state index contributed by atoms with van der Waals surface area (Å²) in [4.78, 5) is 21.5. The van der Waals surface area contributed by atoms with Crippen LogP contribution in [0.4, 0.5) is 0 Å². The minimum absolute atomic E-state index is 0.0671. The number of hydrogen-bond donors (Lipinski definition) is 1. The Labute approximate surface area is 109 Å². The van der Waals surface area contributed by atoms with E-state index in [1.807, 2.05) is 0 Å². The molecule has 18 heavy (non-hydrogen) atoms. The largest absolute Gasteiger partial charge is 0.550 e. The summed E-state index contributed by atoms with van der Waals surface area (Å²) in [5, 5.41) is 10.2. The van der Waals surface area contributed by atoms with Gasteiger partial charge in [0.05, 0.1) is 6.61 Å². The summed E-state index contributed by atoms with van der Waals surface area (Å²) in [7, 11) is 0. The summed E-state index contributed by atoms with van der Waals surface area (Å²) in [6, 6.07) is -0.858. The van der Waals surface area contributed by atoms with Crippen LogP contribution >= 0.6 is 0 Å². The van der Waals surface area contributed by atoms with Crippen molar-refractivity contribution < 1.29 is 19.4 Å². The summed E-state index contributed by atoms with van der Waals surface area (Å²) >= 11 is 0. The average Bonchev–Trinajstić information content (AvgIpc) is 2.34. The number of unbranched alkanes of at least 4 members (excludes halogenated alkanes) is 5. The Morgan fingerprint density at radius 2 is 1.78 bits per heavy atom. The predicted octanol–water partition coefficient (Wildman–Crippen LogP) is 0.748. The van der Waals surface area contributed by atoms with Crippen LogP contribution in [0.5, 0.6) is 0 Å². The first-order valence-electron chi connectivity index (χ1n) is 6.70. The molecule has 0 spiro atoms. The van der Waals surface area contributed by atoms with E-state index in [9.17, 15) is 14.7 Å². The third-order valence-corrected chi connectivity index (χ3v) is 2.70. The SMILES string of the molecule is CCCCCCCCOC(=O)[C@@H](N)CCC(=O)[O-]. The molecule has 0 aromatic heterocycles. The third kappa shape index (κ3) is 10.1. The van der Waals surface area contributed by atoms with Crippen LogP contribution in [0.1, 0.15) is 58.3 Å². The first-order chi connectivity index (χ1) is 8.57. The van der Waals surface area contributed by atoms with Gasteiger partial charge < -0.3 is 20.4 Å². The van der Waals surface area contributed by atoms with E-state index in [2.05, 4.69) is 6.92 Å². The Bertz CT molecular complexity index is 243. The highest BCUT2D eigenvalue weighted by atomic mass is 16.5. The molecule has 0 unspecified atom stereocenters. The Hall–Kier alpha value is -1.10. The number of esters is 1. The average molecular weight is 258 g/mol. The molecular formula is C13H24NO4-. The second kappa shape index (κ2) is 11.0. The molecule has 0 fully saturated rings. The van der Waals surface area contributed by atoms with Crippen molar-refractivity contribution in [1.29, 1.82) is 0 Å². The molecule has 0 saturated heterocycles. The maximum atomic E-state index is 11.3. The molecule has 106 valence electrons. The van der Waals surface area contributed by atoms with E-state index in [1.165, 1.54) is 19.3 Å². The van der Waals surface area contributed by atoms with Crippen molar-refractivity contribution in [3.8, 4) is 0 Å². The van der Waals surface area contributed by atoms with Crippen LogP contribution in [0.3, 0.4) is 0 Å². The maximum absolute atomic E-state index is 11.3. The number of carbonyl (C=O) groups excluding carboxylic acids is 2. The zero-order valence-corrected chi connectivity index (χ0v) is 11.2. The van der Waals surface area contributed by atoms with E-state index in [0.717, 1.165) is 19.3 Å². The second-order valence-electron chi connectivity index (χ2n) is 4.45. The van der Waals surface area contributed by atoms with Crippen molar-refractivity contribution in [3.63, 3.8) is 0 Å². The van der Waals surface area contributed by atoms with Gasteiger partial charge in [0.15, 0.2) is 0 Å². The molecule has 0 rings (SSSR count). The van der Waals surface area contributed by atoms with Crippen molar-refractivity contribution in [3.05, 3.63) is 0 Å². The topological polar surface area (TPSA) is 92.5 Å². The van der Waals surface area contributed by atoms with E-state index in [4.69, 9.17) is 10.5 Å². The van der Waals surface area contributed by atoms with Gasteiger partial charge in [0.2, 0.25) is 0 Å². The Kier molecular flexibility index (Phi) is 10.3. The normalized spacial score (nSPS) is 12.1. The van der Waals surface area contributed by atoms with Crippen LogP contribution in [0, 0.1) is 0 Å². The van der Waals surface area contributed by atoms with E-state index < -0.39 is 18.0 Å². The van der Waals surface area contributed by atoms with Gasteiger partial charge in [0.25, 0.3) is 0 Å². The molecule has 0 aliphatic heterocycles. The molecule has 0 aliphatic carbocycles. The van der Waals surface area contributed by atoms with Gasteiger partial charge in [-0.3, -0.25) is 4.79 Å². The molecular weight excluding hydrogens is 234 g/mol. The van der Waals surface area contributed by atoms with Crippen molar-refractivity contribution in [2.75, 3.05) is 6.61 Å². The summed E-state index contributed by atoms with van der Waals surface area (Å²) in [6.45, 7) is 2.53. The lowest BCUT2D eigenvalue weighted by Crippen LogP contribution is -2.34. The molecule has 0 radical (unpaired) electrons. The van der Waals surface area contributed by atoms with Gasteiger partial charge in [0, 0.05) is 5.97 Å². The molecule has 5 heteroatoms. The minimum atomic E-state index is -1.20. The van der Waals surface area contributed by atoms with Gasteiger partial charge in [-0.25, -0.2) is 0 Å². The Morgan fingerprint density at radius 3 is 2.39 bits per heavy atom. The Balaban J connectivity index is 3.43. The number of carboxylic acids is 1. The van der Waals surface area contributed by atoms with Gasteiger partial charge in [-0.2, -0.15) is 0 Å². The number of hydrogen-bond acceptors (Lipinski definition) is 5.